The van der Waals surface area contributed by atoms with Gasteiger partial charge in [-0.2, -0.15) is 0 Å². The van der Waals surface area contributed by atoms with Gasteiger partial charge in [0.1, 0.15) is 11.6 Å². The number of amides is 1. The van der Waals surface area contributed by atoms with Crippen molar-refractivity contribution in [2.75, 3.05) is 5.32 Å². The first-order valence-corrected chi connectivity index (χ1v) is 9.67. The third-order valence-corrected chi connectivity index (χ3v) is 6.00. The van der Waals surface area contributed by atoms with Gasteiger partial charge in [-0.15, -0.1) is 5.10 Å². The number of sulfone groups is 1. The monoisotopic (exact) mass is 407 g/mol. The molecule has 0 spiro atoms. The van der Waals surface area contributed by atoms with E-state index in [1.807, 2.05) is 0 Å². The summed E-state index contributed by atoms with van der Waals surface area (Å²) < 4.78 is 56.4. The predicted molar refractivity (Wildman–Crippen MR) is 96.4 cm³/mol. The van der Waals surface area contributed by atoms with Crippen LogP contribution in [0.2, 0.25) is 0 Å². The lowest BCUT2D eigenvalue weighted by Gasteiger charge is -2.09. The molecule has 0 aliphatic heterocycles. The van der Waals surface area contributed by atoms with E-state index in [2.05, 4.69) is 15.5 Å². The van der Waals surface area contributed by atoms with Crippen molar-refractivity contribution in [2.24, 2.45) is 0 Å². The van der Waals surface area contributed by atoms with Gasteiger partial charge in [0, 0.05) is 11.6 Å². The Morgan fingerprint density at radius 1 is 1.11 bits per heavy atom. The number of nitrogens with one attached hydrogen (secondary N) is 1. The second-order valence-electron chi connectivity index (χ2n) is 6.11. The Hall–Kier alpha value is -3.14. The Labute approximate surface area is 159 Å². The van der Waals surface area contributed by atoms with Crippen LogP contribution >= 0.6 is 0 Å². The predicted octanol–water partition coefficient (Wildman–Crippen LogP) is 3.45. The zero-order valence-corrected chi connectivity index (χ0v) is 15.6. The van der Waals surface area contributed by atoms with Crippen molar-refractivity contribution in [1.29, 1.82) is 0 Å². The van der Waals surface area contributed by atoms with Gasteiger partial charge in [0.05, 0.1) is 15.7 Å². The average Bonchev–Trinajstić information content (AvgIpc) is 3.09. The minimum atomic E-state index is -3.55. The van der Waals surface area contributed by atoms with Crippen molar-refractivity contribution >= 4 is 21.8 Å². The number of anilines is 1. The number of nitrogens with zero attached hydrogens (tertiary/aromatic N) is 2. The van der Waals surface area contributed by atoms with Crippen LogP contribution in [-0.2, 0) is 9.84 Å². The highest BCUT2D eigenvalue weighted by atomic mass is 32.2. The number of hydrogen-bond donors (Lipinski definition) is 1. The zero-order valence-electron chi connectivity index (χ0n) is 14.8. The van der Waals surface area contributed by atoms with E-state index in [1.165, 1.54) is 38.1 Å². The zero-order chi connectivity index (χ0) is 20.5. The Kier molecular flexibility index (Phi) is 5.23. The van der Waals surface area contributed by atoms with Crippen LogP contribution in [0.5, 0.6) is 0 Å². The molecule has 0 fully saturated rings. The van der Waals surface area contributed by atoms with Crippen molar-refractivity contribution in [3.63, 3.8) is 0 Å². The molecule has 0 aliphatic rings. The molecule has 7 nitrogen and oxygen atoms in total. The lowest BCUT2D eigenvalue weighted by atomic mass is 10.2. The van der Waals surface area contributed by atoms with E-state index in [-0.39, 0.29) is 27.9 Å². The molecule has 0 aliphatic carbocycles. The Morgan fingerprint density at radius 3 is 2.54 bits per heavy atom. The molecule has 0 saturated heterocycles. The molecule has 0 bridgehead atoms. The molecule has 2 aromatic carbocycles. The summed E-state index contributed by atoms with van der Waals surface area (Å²) >= 11 is 0. The van der Waals surface area contributed by atoms with Gasteiger partial charge in [-0.3, -0.25) is 10.1 Å². The molecule has 1 N–H and O–H groups in total. The minimum absolute atomic E-state index is 0.00903. The normalized spacial score (nSPS) is 11.6. The number of hydrogen-bond acceptors (Lipinski definition) is 6. The van der Waals surface area contributed by atoms with Gasteiger partial charge in [0.2, 0.25) is 0 Å². The number of halogens is 2. The first-order chi connectivity index (χ1) is 13.2. The van der Waals surface area contributed by atoms with Crippen LogP contribution in [0.3, 0.4) is 0 Å². The van der Waals surface area contributed by atoms with Gasteiger partial charge in [0.25, 0.3) is 11.8 Å². The summed E-state index contributed by atoms with van der Waals surface area (Å²) in [7, 11) is -3.55. The quantitative estimate of drug-likeness (QED) is 0.695. The Bertz CT molecular complexity index is 1140. The molecule has 146 valence electrons. The SMILES string of the molecule is CC(C)S(=O)(=O)c1cccc(C(=O)Nc2nnc(-c3ccc(F)cc3F)o2)c1. The molecule has 0 unspecified atom stereocenters. The van der Waals surface area contributed by atoms with Crippen LogP contribution < -0.4 is 5.32 Å². The lowest BCUT2D eigenvalue weighted by molar-refractivity contribution is 0.102. The third kappa shape index (κ3) is 3.91. The van der Waals surface area contributed by atoms with Gasteiger partial charge in [0.15, 0.2) is 9.84 Å². The highest BCUT2D eigenvalue weighted by Gasteiger charge is 2.21. The molecular weight excluding hydrogens is 392 g/mol. The second-order valence-corrected chi connectivity index (χ2v) is 8.62. The van der Waals surface area contributed by atoms with Gasteiger partial charge in [-0.05, 0) is 44.2 Å². The average molecular weight is 407 g/mol. The molecule has 1 heterocycles. The van der Waals surface area contributed by atoms with Crippen molar-refractivity contribution in [3.05, 3.63) is 59.7 Å². The number of benzene rings is 2. The van der Waals surface area contributed by atoms with E-state index in [0.29, 0.717) is 6.07 Å². The topological polar surface area (TPSA) is 102 Å². The van der Waals surface area contributed by atoms with Gasteiger partial charge < -0.3 is 4.42 Å². The number of rotatable bonds is 5. The molecule has 0 atom stereocenters. The standard InChI is InChI=1S/C18H15F2N3O4S/c1-10(2)28(25,26)13-5-3-4-11(8-13)16(24)21-18-23-22-17(27-18)14-7-6-12(19)9-15(14)20/h3-10H,1-2H3,(H,21,23,24). The largest absolute Gasteiger partial charge is 0.403 e. The maximum atomic E-state index is 13.8. The van der Waals surface area contributed by atoms with Crippen LogP contribution in [-0.4, -0.2) is 29.8 Å². The first-order valence-electron chi connectivity index (χ1n) is 8.12. The molecule has 28 heavy (non-hydrogen) atoms. The van der Waals surface area contributed by atoms with Gasteiger partial charge in [-0.25, -0.2) is 17.2 Å². The van der Waals surface area contributed by atoms with Crippen molar-refractivity contribution < 1.29 is 26.4 Å². The molecule has 10 heteroatoms. The summed E-state index contributed by atoms with van der Waals surface area (Å²) in [6, 6.07) is 8.00. The lowest BCUT2D eigenvalue weighted by Crippen LogP contribution is -2.16. The number of carbonyl (C=O) groups is 1. The van der Waals surface area contributed by atoms with Crippen molar-refractivity contribution in [1.82, 2.24) is 10.2 Å². The van der Waals surface area contributed by atoms with Crippen LogP contribution in [0.4, 0.5) is 14.8 Å². The number of aromatic nitrogens is 2. The van der Waals surface area contributed by atoms with Gasteiger partial charge >= 0.3 is 6.01 Å². The summed E-state index contributed by atoms with van der Waals surface area (Å²) in [5, 5.41) is 8.88. The molecule has 3 aromatic rings. The Balaban J connectivity index is 1.82. The van der Waals surface area contributed by atoms with E-state index in [1.54, 1.807) is 0 Å². The van der Waals surface area contributed by atoms with E-state index in [9.17, 15) is 22.0 Å². The highest BCUT2D eigenvalue weighted by molar-refractivity contribution is 7.92. The first kappa shape index (κ1) is 19.6. The number of carbonyl (C=O) groups excluding carboxylic acids is 1. The molecule has 3 rings (SSSR count). The fourth-order valence-corrected chi connectivity index (χ4v) is 3.41. The molecule has 0 radical (unpaired) electrons. The minimum Gasteiger partial charge on any atom is -0.403 e. The fourth-order valence-electron chi connectivity index (χ4n) is 2.30. The summed E-state index contributed by atoms with van der Waals surface area (Å²) in [6.45, 7) is 3.08. The van der Waals surface area contributed by atoms with E-state index >= 15 is 0 Å². The summed E-state index contributed by atoms with van der Waals surface area (Å²) in [5.74, 6) is -2.59. The van der Waals surface area contributed by atoms with Crippen molar-refractivity contribution in [2.45, 2.75) is 24.0 Å². The third-order valence-electron chi connectivity index (χ3n) is 3.85. The van der Waals surface area contributed by atoms with Crippen molar-refractivity contribution in [3.8, 4) is 11.5 Å². The van der Waals surface area contributed by atoms with E-state index in [0.717, 1.165) is 12.1 Å². The molecule has 0 saturated carbocycles. The summed E-state index contributed by atoms with van der Waals surface area (Å²) in [4.78, 5) is 12.4. The maximum absolute atomic E-state index is 13.8. The smallest absolute Gasteiger partial charge is 0.322 e. The second kappa shape index (κ2) is 7.47. The fraction of sp³-hybridized carbons (Fsp3) is 0.167. The van der Waals surface area contributed by atoms with E-state index in [4.69, 9.17) is 4.42 Å². The van der Waals surface area contributed by atoms with E-state index < -0.39 is 32.6 Å². The summed E-state index contributed by atoms with van der Waals surface area (Å²) in [6.07, 6.45) is 0. The van der Waals surface area contributed by atoms with Crippen LogP contribution in [0.1, 0.15) is 24.2 Å². The van der Waals surface area contributed by atoms with Gasteiger partial charge in [-0.1, -0.05) is 11.2 Å². The maximum Gasteiger partial charge on any atom is 0.322 e. The molecule has 1 amide bonds. The molecule has 1 aromatic heterocycles. The van der Waals surface area contributed by atoms with Crippen LogP contribution in [0, 0.1) is 11.6 Å². The van der Waals surface area contributed by atoms with Crippen LogP contribution in [0.25, 0.3) is 11.5 Å². The Morgan fingerprint density at radius 2 is 1.86 bits per heavy atom. The van der Waals surface area contributed by atoms with Crippen LogP contribution in [0.15, 0.2) is 51.8 Å². The summed E-state index contributed by atoms with van der Waals surface area (Å²) in [5.41, 5.74) is -0.0612. The molecular formula is C18H15F2N3O4S. The highest BCUT2D eigenvalue weighted by Crippen LogP contribution is 2.24.